The van der Waals surface area contributed by atoms with Gasteiger partial charge in [-0.2, -0.15) is 0 Å². The fourth-order valence-electron chi connectivity index (χ4n) is 2.33. The van der Waals surface area contributed by atoms with E-state index in [1.54, 1.807) is 12.1 Å². The molecule has 0 saturated heterocycles. The van der Waals surface area contributed by atoms with E-state index in [0.717, 1.165) is 16.0 Å². The molecule has 2 aromatic rings. The summed E-state index contributed by atoms with van der Waals surface area (Å²) in [6, 6.07) is 7.31. The van der Waals surface area contributed by atoms with E-state index >= 15 is 0 Å². The molecule has 6 heteroatoms. The lowest BCUT2D eigenvalue weighted by Crippen LogP contribution is -2.23. The maximum Gasteiger partial charge on any atom is 0.244 e. The van der Waals surface area contributed by atoms with Crippen LogP contribution in [0.4, 0.5) is 0 Å². The molecule has 0 atom stereocenters. The summed E-state index contributed by atoms with van der Waals surface area (Å²) < 4.78 is 33.1. The number of aryl methyl sites for hydroxylation is 1. The maximum absolute atomic E-state index is 12.6. The monoisotopic (exact) mass is 339 g/mol. The second-order valence-electron chi connectivity index (χ2n) is 5.42. The number of thiophene rings is 1. The molecule has 1 N–H and O–H groups in total. The van der Waals surface area contributed by atoms with Gasteiger partial charge >= 0.3 is 0 Å². The predicted molar refractivity (Wildman–Crippen MR) is 90.2 cm³/mol. The van der Waals surface area contributed by atoms with Crippen LogP contribution in [0.1, 0.15) is 35.8 Å². The summed E-state index contributed by atoms with van der Waals surface area (Å²) in [7, 11) is -2.13. The van der Waals surface area contributed by atoms with Gasteiger partial charge in [-0.1, -0.05) is 19.9 Å². The lowest BCUT2D eigenvalue weighted by Gasteiger charge is -2.16. The Kier molecular flexibility index (Phi) is 5.26. The average Bonchev–Trinajstić information content (AvgIpc) is 2.97. The molecule has 2 rings (SSSR count). The lowest BCUT2D eigenvalue weighted by atomic mass is 9.98. The highest BCUT2D eigenvalue weighted by atomic mass is 32.2. The van der Waals surface area contributed by atoms with E-state index in [2.05, 4.69) is 4.72 Å². The van der Waals surface area contributed by atoms with Gasteiger partial charge in [0.2, 0.25) is 10.0 Å². The van der Waals surface area contributed by atoms with E-state index in [1.165, 1.54) is 18.4 Å². The summed E-state index contributed by atoms with van der Waals surface area (Å²) in [5, 5.41) is 1.92. The molecule has 0 amide bonds. The van der Waals surface area contributed by atoms with Gasteiger partial charge in [0.15, 0.2) is 0 Å². The lowest BCUT2D eigenvalue weighted by molar-refractivity contribution is 0.401. The van der Waals surface area contributed by atoms with Crippen LogP contribution in [0.3, 0.4) is 0 Å². The summed E-state index contributed by atoms with van der Waals surface area (Å²) in [5.41, 5.74) is 2.04. The third-order valence-electron chi connectivity index (χ3n) is 3.48. The van der Waals surface area contributed by atoms with Crippen LogP contribution < -0.4 is 9.46 Å². The van der Waals surface area contributed by atoms with Crippen molar-refractivity contribution in [1.82, 2.24) is 4.72 Å². The molecule has 0 unspecified atom stereocenters. The van der Waals surface area contributed by atoms with E-state index in [1.807, 2.05) is 38.3 Å². The van der Waals surface area contributed by atoms with Gasteiger partial charge in [-0.25, -0.2) is 13.1 Å². The summed E-state index contributed by atoms with van der Waals surface area (Å²) in [5.74, 6) is 0.623. The highest BCUT2D eigenvalue weighted by Crippen LogP contribution is 2.31. The molecule has 0 aliphatic carbocycles. The van der Waals surface area contributed by atoms with Crippen LogP contribution in [0.5, 0.6) is 5.75 Å². The Morgan fingerprint density at radius 1 is 1.32 bits per heavy atom. The average molecular weight is 339 g/mol. The molecule has 0 fully saturated rings. The van der Waals surface area contributed by atoms with Gasteiger partial charge in [0.05, 0.1) is 7.11 Å². The largest absolute Gasteiger partial charge is 0.495 e. The first-order valence-electron chi connectivity index (χ1n) is 7.05. The minimum absolute atomic E-state index is 0.195. The highest BCUT2D eigenvalue weighted by Gasteiger charge is 2.22. The highest BCUT2D eigenvalue weighted by molar-refractivity contribution is 7.89. The van der Waals surface area contributed by atoms with Gasteiger partial charge < -0.3 is 4.74 Å². The molecule has 1 aromatic heterocycles. The normalized spacial score (nSPS) is 11.9. The number of sulfonamides is 1. The summed E-state index contributed by atoms with van der Waals surface area (Å²) in [6.07, 6.45) is 0. The number of hydrogen-bond donors (Lipinski definition) is 1. The van der Waals surface area contributed by atoms with Crippen molar-refractivity contribution in [2.24, 2.45) is 0 Å². The first-order chi connectivity index (χ1) is 10.3. The van der Waals surface area contributed by atoms with Gasteiger partial charge in [-0.05, 0) is 47.5 Å². The van der Waals surface area contributed by atoms with E-state index in [0.29, 0.717) is 5.75 Å². The predicted octanol–water partition coefficient (Wildman–Crippen LogP) is 3.67. The van der Waals surface area contributed by atoms with Gasteiger partial charge in [0.1, 0.15) is 10.6 Å². The quantitative estimate of drug-likeness (QED) is 0.874. The van der Waals surface area contributed by atoms with Crippen LogP contribution in [-0.4, -0.2) is 15.5 Å². The van der Waals surface area contributed by atoms with Gasteiger partial charge in [-0.3, -0.25) is 0 Å². The molecular weight excluding hydrogens is 318 g/mol. The number of nitrogens with one attached hydrogen (secondary N) is 1. The molecule has 1 heterocycles. The van der Waals surface area contributed by atoms with Crippen LogP contribution in [0.15, 0.2) is 34.5 Å². The second kappa shape index (κ2) is 6.81. The zero-order valence-corrected chi connectivity index (χ0v) is 14.8. The molecule has 22 heavy (non-hydrogen) atoms. The second-order valence-corrected chi connectivity index (χ2v) is 8.19. The van der Waals surface area contributed by atoms with Gasteiger partial charge in [-0.15, -0.1) is 11.3 Å². The zero-order chi connectivity index (χ0) is 16.3. The van der Waals surface area contributed by atoms with Crippen molar-refractivity contribution in [2.75, 3.05) is 7.11 Å². The molecule has 0 aliphatic heterocycles. The topological polar surface area (TPSA) is 55.4 Å². The summed E-state index contributed by atoms with van der Waals surface area (Å²) in [6.45, 7) is 6.34. The minimum Gasteiger partial charge on any atom is -0.495 e. The molecule has 0 bridgehead atoms. The molecule has 0 radical (unpaired) electrons. The smallest absolute Gasteiger partial charge is 0.244 e. The molecule has 1 aromatic carbocycles. The van der Waals surface area contributed by atoms with Crippen LogP contribution in [0.2, 0.25) is 0 Å². The Morgan fingerprint density at radius 2 is 2.05 bits per heavy atom. The van der Waals surface area contributed by atoms with Crippen molar-refractivity contribution >= 4 is 21.4 Å². The molecule has 0 saturated carbocycles. The first-order valence-corrected chi connectivity index (χ1v) is 9.42. The van der Waals surface area contributed by atoms with Crippen LogP contribution in [0, 0.1) is 6.92 Å². The van der Waals surface area contributed by atoms with Crippen molar-refractivity contribution < 1.29 is 13.2 Å². The Hall–Kier alpha value is -1.37. The van der Waals surface area contributed by atoms with Crippen molar-refractivity contribution in [3.8, 4) is 5.75 Å². The van der Waals surface area contributed by atoms with Crippen LogP contribution >= 0.6 is 11.3 Å². The van der Waals surface area contributed by atoms with E-state index in [-0.39, 0.29) is 17.4 Å². The first kappa shape index (κ1) is 17.0. The molecule has 4 nitrogen and oxygen atoms in total. The maximum atomic E-state index is 12.6. The van der Waals surface area contributed by atoms with Crippen molar-refractivity contribution in [1.29, 1.82) is 0 Å². The van der Waals surface area contributed by atoms with Gasteiger partial charge in [0, 0.05) is 11.4 Å². The van der Waals surface area contributed by atoms with Crippen molar-refractivity contribution in [3.63, 3.8) is 0 Å². The Bertz CT molecular complexity index is 735. The van der Waals surface area contributed by atoms with Crippen molar-refractivity contribution in [2.45, 2.75) is 38.1 Å². The van der Waals surface area contributed by atoms with Crippen LogP contribution in [-0.2, 0) is 16.6 Å². The van der Waals surface area contributed by atoms with E-state index < -0.39 is 10.0 Å². The zero-order valence-electron chi connectivity index (χ0n) is 13.2. The number of benzene rings is 1. The fraction of sp³-hybridized carbons (Fsp3) is 0.375. The molecular formula is C16H21NO3S2. The third-order valence-corrected chi connectivity index (χ3v) is 5.78. The summed E-state index contributed by atoms with van der Waals surface area (Å²) >= 11 is 1.52. The molecule has 0 spiro atoms. The number of ether oxygens (including phenoxy) is 1. The van der Waals surface area contributed by atoms with E-state index in [4.69, 9.17) is 4.74 Å². The van der Waals surface area contributed by atoms with E-state index in [9.17, 15) is 8.42 Å². The van der Waals surface area contributed by atoms with Crippen molar-refractivity contribution in [3.05, 3.63) is 45.6 Å². The van der Waals surface area contributed by atoms with Crippen LogP contribution in [0.25, 0.3) is 0 Å². The number of hydrogen-bond acceptors (Lipinski definition) is 4. The molecule has 120 valence electrons. The minimum atomic E-state index is -3.62. The Morgan fingerprint density at radius 3 is 2.59 bits per heavy atom. The Balaban J connectivity index is 2.38. The number of rotatable bonds is 6. The fourth-order valence-corrected chi connectivity index (χ4v) is 4.25. The number of methoxy groups -OCH3 is 1. The molecule has 0 aliphatic rings. The SMILES string of the molecule is COc1cc(C)c(C(C)C)cc1S(=O)(=O)NCc1cccs1. The summed E-state index contributed by atoms with van der Waals surface area (Å²) in [4.78, 5) is 1.17. The Labute approximate surface area is 136 Å². The van der Waals surface area contributed by atoms with Gasteiger partial charge in [0.25, 0.3) is 0 Å². The third kappa shape index (κ3) is 3.69. The standard InChI is InChI=1S/C16H21NO3S2/c1-11(2)14-9-16(15(20-4)8-12(14)3)22(18,19)17-10-13-6-5-7-21-13/h5-9,11,17H,10H2,1-4H3.